The van der Waals surface area contributed by atoms with Crippen molar-refractivity contribution in [3.05, 3.63) is 42.2 Å². The number of amides is 1. The van der Waals surface area contributed by atoms with Crippen LogP contribution in [0.4, 0.5) is 4.39 Å². The molecule has 1 heterocycles. The number of piperazine rings is 1. The Morgan fingerprint density at radius 1 is 1.15 bits per heavy atom. The van der Waals surface area contributed by atoms with Crippen LogP contribution in [-0.4, -0.2) is 62.3 Å². The van der Waals surface area contributed by atoms with Crippen LogP contribution in [0.5, 0.6) is 0 Å². The van der Waals surface area contributed by atoms with E-state index in [0.29, 0.717) is 6.42 Å². The van der Waals surface area contributed by atoms with Crippen LogP contribution < -0.4 is 0 Å². The molecule has 7 nitrogen and oxygen atoms in total. The van der Waals surface area contributed by atoms with Gasteiger partial charge in [0.15, 0.2) is 6.61 Å². The van der Waals surface area contributed by atoms with Crippen molar-refractivity contribution in [3.63, 3.8) is 0 Å². The van der Waals surface area contributed by atoms with E-state index in [1.165, 1.54) is 27.4 Å². The number of benzene rings is 1. The SMILES string of the molecule is CC/C=C/C(=O)OCC(=O)N1CCN(S(=O)(=O)c2ccc(F)cc2)CC1. The van der Waals surface area contributed by atoms with Gasteiger partial charge >= 0.3 is 5.97 Å². The highest BCUT2D eigenvalue weighted by Gasteiger charge is 2.30. The van der Waals surface area contributed by atoms with E-state index in [9.17, 15) is 22.4 Å². The fourth-order valence-electron chi connectivity index (χ4n) is 2.42. The Bertz CT molecular complexity index is 769. The first kappa shape index (κ1) is 20.1. The maximum absolute atomic E-state index is 13.0. The molecule has 9 heteroatoms. The minimum absolute atomic E-state index is 0.00955. The molecule has 1 amide bonds. The van der Waals surface area contributed by atoms with E-state index in [1.54, 1.807) is 6.08 Å². The summed E-state index contributed by atoms with van der Waals surface area (Å²) in [6, 6.07) is 4.61. The molecule has 1 aliphatic heterocycles. The Hall–Kier alpha value is -2.26. The maximum atomic E-state index is 13.0. The van der Waals surface area contributed by atoms with Gasteiger partial charge in [0.1, 0.15) is 5.82 Å². The van der Waals surface area contributed by atoms with Crippen molar-refractivity contribution in [2.24, 2.45) is 0 Å². The monoisotopic (exact) mass is 384 g/mol. The lowest BCUT2D eigenvalue weighted by Gasteiger charge is -2.33. The predicted molar refractivity (Wildman–Crippen MR) is 92.1 cm³/mol. The molecule has 1 aliphatic rings. The molecule has 0 aliphatic carbocycles. The van der Waals surface area contributed by atoms with Crippen LogP contribution in [-0.2, 0) is 24.3 Å². The summed E-state index contributed by atoms with van der Waals surface area (Å²) in [5.41, 5.74) is 0. The Labute approximate surface area is 152 Å². The van der Waals surface area contributed by atoms with Gasteiger partial charge in [0, 0.05) is 32.3 Å². The van der Waals surface area contributed by atoms with Crippen molar-refractivity contribution >= 4 is 21.9 Å². The molecule has 0 aromatic heterocycles. The van der Waals surface area contributed by atoms with Crippen molar-refractivity contribution in [1.82, 2.24) is 9.21 Å². The topological polar surface area (TPSA) is 84.0 Å². The zero-order chi connectivity index (χ0) is 19.2. The molecule has 0 radical (unpaired) electrons. The molecule has 0 bridgehead atoms. The number of nitrogens with zero attached hydrogens (tertiary/aromatic N) is 2. The molecule has 1 fully saturated rings. The summed E-state index contributed by atoms with van der Waals surface area (Å²) in [4.78, 5) is 24.9. The molecule has 0 atom stereocenters. The highest BCUT2D eigenvalue weighted by molar-refractivity contribution is 7.89. The van der Waals surface area contributed by atoms with E-state index in [2.05, 4.69) is 0 Å². The summed E-state index contributed by atoms with van der Waals surface area (Å²) in [5, 5.41) is 0. The second-order valence-electron chi connectivity index (χ2n) is 5.66. The predicted octanol–water partition coefficient (Wildman–Crippen LogP) is 1.17. The molecule has 2 rings (SSSR count). The fourth-order valence-corrected chi connectivity index (χ4v) is 3.84. The molecule has 1 aromatic carbocycles. The van der Waals surface area contributed by atoms with Crippen LogP contribution >= 0.6 is 0 Å². The lowest BCUT2D eigenvalue weighted by molar-refractivity contribution is -0.148. The van der Waals surface area contributed by atoms with Crippen LogP contribution in [0.25, 0.3) is 0 Å². The number of hydrogen-bond acceptors (Lipinski definition) is 5. The Kier molecular flexibility index (Phi) is 6.87. The van der Waals surface area contributed by atoms with Gasteiger partial charge in [0.2, 0.25) is 10.0 Å². The van der Waals surface area contributed by atoms with Crippen molar-refractivity contribution in [1.29, 1.82) is 0 Å². The zero-order valence-corrected chi connectivity index (χ0v) is 15.2. The van der Waals surface area contributed by atoms with Crippen molar-refractivity contribution in [2.75, 3.05) is 32.8 Å². The smallest absolute Gasteiger partial charge is 0.330 e. The number of carbonyl (C=O) groups excluding carboxylic acids is 2. The minimum Gasteiger partial charge on any atom is -0.452 e. The maximum Gasteiger partial charge on any atom is 0.330 e. The summed E-state index contributed by atoms with van der Waals surface area (Å²) in [6.45, 7) is 2.12. The lowest BCUT2D eigenvalue weighted by Crippen LogP contribution is -2.51. The third-order valence-corrected chi connectivity index (χ3v) is 5.78. The van der Waals surface area contributed by atoms with Crippen LogP contribution in [0.1, 0.15) is 13.3 Å². The van der Waals surface area contributed by atoms with E-state index in [1.807, 2.05) is 6.92 Å². The van der Waals surface area contributed by atoms with Gasteiger partial charge in [0.25, 0.3) is 5.91 Å². The van der Waals surface area contributed by atoms with Crippen molar-refractivity contribution in [2.45, 2.75) is 18.2 Å². The lowest BCUT2D eigenvalue weighted by atomic mass is 10.3. The van der Waals surface area contributed by atoms with E-state index in [-0.39, 0.29) is 43.6 Å². The second kappa shape index (κ2) is 8.91. The summed E-state index contributed by atoms with van der Waals surface area (Å²) in [6.07, 6.45) is 3.58. The summed E-state index contributed by atoms with van der Waals surface area (Å²) < 4.78 is 44.1. The largest absolute Gasteiger partial charge is 0.452 e. The van der Waals surface area contributed by atoms with Crippen LogP contribution in [0, 0.1) is 5.82 Å². The van der Waals surface area contributed by atoms with Gasteiger partial charge in [-0.25, -0.2) is 17.6 Å². The van der Waals surface area contributed by atoms with Crippen molar-refractivity contribution < 1.29 is 27.1 Å². The third kappa shape index (κ3) is 5.12. The molecular formula is C17H21FN2O5S. The molecule has 0 N–H and O–H groups in total. The number of hydrogen-bond donors (Lipinski definition) is 0. The van der Waals surface area contributed by atoms with Gasteiger partial charge in [0.05, 0.1) is 4.90 Å². The molecule has 1 saturated heterocycles. The fraction of sp³-hybridized carbons (Fsp3) is 0.412. The number of allylic oxidation sites excluding steroid dienone is 1. The number of ether oxygens (including phenoxy) is 1. The number of rotatable bonds is 6. The summed E-state index contributed by atoms with van der Waals surface area (Å²) >= 11 is 0. The first-order valence-electron chi connectivity index (χ1n) is 8.21. The van der Waals surface area contributed by atoms with E-state index in [0.717, 1.165) is 12.1 Å². The first-order valence-corrected chi connectivity index (χ1v) is 9.65. The van der Waals surface area contributed by atoms with Crippen LogP contribution in [0.2, 0.25) is 0 Å². The number of halogens is 1. The molecule has 0 spiro atoms. The first-order chi connectivity index (χ1) is 12.3. The molecule has 142 valence electrons. The quantitative estimate of drug-likeness (QED) is 0.543. The number of carbonyl (C=O) groups is 2. The molecule has 0 saturated carbocycles. The van der Waals surface area contributed by atoms with E-state index >= 15 is 0 Å². The van der Waals surface area contributed by atoms with Gasteiger partial charge in [-0.2, -0.15) is 4.31 Å². The Balaban J connectivity index is 1.88. The summed E-state index contributed by atoms with van der Waals surface area (Å²) in [5.74, 6) is -1.47. The highest BCUT2D eigenvalue weighted by Crippen LogP contribution is 2.18. The van der Waals surface area contributed by atoms with Gasteiger partial charge in [-0.1, -0.05) is 13.0 Å². The number of esters is 1. The number of sulfonamides is 1. The highest BCUT2D eigenvalue weighted by atomic mass is 32.2. The Morgan fingerprint density at radius 3 is 2.35 bits per heavy atom. The minimum atomic E-state index is -3.73. The average molecular weight is 384 g/mol. The Morgan fingerprint density at radius 2 is 1.77 bits per heavy atom. The third-order valence-electron chi connectivity index (χ3n) is 3.87. The average Bonchev–Trinajstić information content (AvgIpc) is 2.64. The van der Waals surface area contributed by atoms with Gasteiger partial charge in [-0.05, 0) is 30.7 Å². The molecule has 26 heavy (non-hydrogen) atoms. The molecule has 0 unspecified atom stereocenters. The van der Waals surface area contributed by atoms with Crippen LogP contribution in [0.15, 0.2) is 41.3 Å². The van der Waals surface area contributed by atoms with E-state index in [4.69, 9.17) is 4.74 Å². The zero-order valence-electron chi connectivity index (χ0n) is 14.4. The van der Waals surface area contributed by atoms with Crippen LogP contribution in [0.3, 0.4) is 0 Å². The van der Waals surface area contributed by atoms with Gasteiger partial charge in [-0.15, -0.1) is 0 Å². The standard InChI is InChI=1S/C17H21FN2O5S/c1-2-3-4-17(22)25-13-16(21)19-9-11-20(12-10-19)26(23,24)15-7-5-14(18)6-8-15/h3-8H,2,9-13H2,1H3/b4-3+. The van der Waals surface area contributed by atoms with E-state index < -0.39 is 21.8 Å². The molecule has 1 aromatic rings. The van der Waals surface area contributed by atoms with Gasteiger partial charge < -0.3 is 9.64 Å². The van der Waals surface area contributed by atoms with Gasteiger partial charge in [-0.3, -0.25) is 4.79 Å². The van der Waals surface area contributed by atoms with Crippen molar-refractivity contribution in [3.8, 4) is 0 Å². The normalized spacial score (nSPS) is 16.0. The molecular weight excluding hydrogens is 363 g/mol. The second-order valence-corrected chi connectivity index (χ2v) is 7.60. The summed E-state index contributed by atoms with van der Waals surface area (Å²) in [7, 11) is -3.73.